The molecule has 0 saturated carbocycles. The lowest BCUT2D eigenvalue weighted by Crippen LogP contribution is -2.55. The third-order valence-corrected chi connectivity index (χ3v) is 3.62. The summed E-state index contributed by atoms with van der Waals surface area (Å²) in [5.74, 6) is 0. The second-order valence-electron chi connectivity index (χ2n) is 5.42. The first-order valence-corrected chi connectivity index (χ1v) is 6.98. The number of piperidine rings is 1. The summed E-state index contributed by atoms with van der Waals surface area (Å²) in [4.78, 5) is 13.8. The first-order valence-electron chi connectivity index (χ1n) is 6.98. The van der Waals surface area contributed by atoms with Gasteiger partial charge < -0.3 is 15.4 Å². The van der Waals surface area contributed by atoms with Crippen LogP contribution >= 0.6 is 0 Å². The van der Waals surface area contributed by atoms with Crippen LogP contribution in [-0.4, -0.2) is 29.6 Å². The summed E-state index contributed by atoms with van der Waals surface area (Å²) in [5.41, 5.74) is 6.92. The molecule has 2 N–H and O–H groups in total. The number of nitrogens with two attached hydrogens (primary N) is 1. The normalized spacial score (nSPS) is 22.4. The Bertz CT molecular complexity index is 461. The lowest BCUT2D eigenvalue weighted by Gasteiger charge is -2.39. The van der Waals surface area contributed by atoms with Gasteiger partial charge in [-0.3, -0.25) is 0 Å². The molecule has 4 nitrogen and oxygen atoms in total. The molecule has 1 unspecified atom stereocenters. The number of hydrogen-bond acceptors (Lipinski definition) is 3. The molecule has 2 rings (SSSR count). The fraction of sp³-hybridized carbons (Fsp3) is 0.438. The molecule has 0 aliphatic carbocycles. The minimum atomic E-state index is -0.355. The quantitative estimate of drug-likeness (QED) is 0.859. The van der Waals surface area contributed by atoms with E-state index in [-0.39, 0.29) is 11.6 Å². The van der Waals surface area contributed by atoms with Gasteiger partial charge in [0.05, 0.1) is 0 Å². The van der Waals surface area contributed by atoms with E-state index in [0.29, 0.717) is 19.7 Å². The van der Waals surface area contributed by atoms with Gasteiger partial charge in [-0.2, -0.15) is 0 Å². The maximum absolute atomic E-state index is 12.1. The predicted molar refractivity (Wildman–Crippen MR) is 79.2 cm³/mol. The molecule has 1 aliphatic rings. The first kappa shape index (κ1) is 14.6. The first-order chi connectivity index (χ1) is 9.63. The fourth-order valence-corrected chi connectivity index (χ4v) is 2.58. The van der Waals surface area contributed by atoms with Gasteiger partial charge in [-0.25, -0.2) is 4.79 Å². The highest BCUT2D eigenvalue weighted by Crippen LogP contribution is 2.23. The zero-order chi connectivity index (χ0) is 14.4. The number of carbonyl (C=O) groups is 1. The Morgan fingerprint density at radius 2 is 2.20 bits per heavy atom. The molecule has 20 heavy (non-hydrogen) atoms. The summed E-state index contributed by atoms with van der Waals surface area (Å²) in [6.45, 7) is 5.28. The number of amides is 1. The van der Waals surface area contributed by atoms with Crippen LogP contribution in [-0.2, 0) is 11.3 Å². The Kier molecular flexibility index (Phi) is 4.79. The molecule has 4 heteroatoms. The van der Waals surface area contributed by atoms with Crippen LogP contribution in [0.3, 0.4) is 0 Å². The third kappa shape index (κ3) is 3.84. The topological polar surface area (TPSA) is 55.6 Å². The molecule has 1 atom stereocenters. The van der Waals surface area contributed by atoms with Crippen molar-refractivity contribution in [2.75, 3.05) is 13.1 Å². The van der Waals surface area contributed by atoms with Crippen LogP contribution in [0.2, 0.25) is 0 Å². The summed E-state index contributed by atoms with van der Waals surface area (Å²) in [7, 11) is 0. The molecular formula is C16H22N2O2. The molecule has 0 radical (unpaired) electrons. The van der Waals surface area contributed by atoms with Crippen molar-refractivity contribution in [3.05, 3.63) is 48.6 Å². The molecule has 0 spiro atoms. The van der Waals surface area contributed by atoms with Gasteiger partial charge in [-0.15, -0.1) is 6.58 Å². The van der Waals surface area contributed by atoms with Crippen LogP contribution in [0.1, 0.15) is 24.8 Å². The monoisotopic (exact) mass is 274 g/mol. The number of likely N-dealkylation sites (tertiary alicyclic amines) is 1. The lowest BCUT2D eigenvalue weighted by molar-refractivity contribution is 0.0736. The Morgan fingerprint density at radius 1 is 1.45 bits per heavy atom. The van der Waals surface area contributed by atoms with Gasteiger partial charge in [0.15, 0.2) is 0 Å². The summed E-state index contributed by atoms with van der Waals surface area (Å²) in [5, 5.41) is 0. The predicted octanol–water partition coefficient (Wildman–Crippen LogP) is 2.69. The average molecular weight is 274 g/mol. The van der Waals surface area contributed by atoms with Crippen molar-refractivity contribution in [3.8, 4) is 0 Å². The Morgan fingerprint density at radius 3 is 2.90 bits per heavy atom. The van der Waals surface area contributed by atoms with E-state index < -0.39 is 0 Å². The highest BCUT2D eigenvalue weighted by atomic mass is 16.6. The maximum atomic E-state index is 12.1. The fourth-order valence-electron chi connectivity index (χ4n) is 2.58. The lowest BCUT2D eigenvalue weighted by atomic mass is 9.87. The molecule has 0 aromatic heterocycles. The van der Waals surface area contributed by atoms with Crippen LogP contribution < -0.4 is 5.73 Å². The third-order valence-electron chi connectivity index (χ3n) is 3.62. The van der Waals surface area contributed by atoms with Crippen molar-refractivity contribution in [2.45, 2.75) is 31.4 Å². The van der Waals surface area contributed by atoms with Gasteiger partial charge in [-0.05, 0) is 24.8 Å². The van der Waals surface area contributed by atoms with Crippen LogP contribution in [0, 0.1) is 0 Å². The van der Waals surface area contributed by atoms with E-state index in [1.165, 1.54) is 0 Å². The molecule has 1 heterocycles. The zero-order valence-corrected chi connectivity index (χ0v) is 11.8. The molecular weight excluding hydrogens is 252 g/mol. The van der Waals surface area contributed by atoms with Crippen molar-refractivity contribution >= 4 is 6.09 Å². The number of rotatable bonds is 4. The van der Waals surface area contributed by atoms with E-state index in [1.807, 2.05) is 36.4 Å². The summed E-state index contributed by atoms with van der Waals surface area (Å²) in [6.07, 6.45) is 4.08. The molecule has 1 fully saturated rings. The largest absolute Gasteiger partial charge is 0.445 e. The minimum absolute atomic E-state index is 0.285. The maximum Gasteiger partial charge on any atom is 0.410 e. The highest BCUT2D eigenvalue weighted by molar-refractivity contribution is 5.68. The van der Waals surface area contributed by atoms with Crippen molar-refractivity contribution in [3.63, 3.8) is 0 Å². The van der Waals surface area contributed by atoms with E-state index in [0.717, 1.165) is 24.8 Å². The minimum Gasteiger partial charge on any atom is -0.445 e. The van der Waals surface area contributed by atoms with Gasteiger partial charge in [0.25, 0.3) is 0 Å². The van der Waals surface area contributed by atoms with Crippen LogP contribution in [0.25, 0.3) is 0 Å². The number of hydrogen-bond donors (Lipinski definition) is 1. The Balaban J connectivity index is 1.87. The average Bonchev–Trinajstić information content (AvgIpc) is 2.46. The van der Waals surface area contributed by atoms with Crippen LogP contribution in [0.15, 0.2) is 43.0 Å². The molecule has 1 aliphatic heterocycles. The van der Waals surface area contributed by atoms with Crippen LogP contribution in [0.5, 0.6) is 0 Å². The van der Waals surface area contributed by atoms with E-state index in [1.54, 1.807) is 4.90 Å². The van der Waals surface area contributed by atoms with E-state index >= 15 is 0 Å². The van der Waals surface area contributed by atoms with E-state index in [2.05, 4.69) is 6.58 Å². The standard InChI is InChI=1S/C16H22N2O2/c1-2-9-16(17)10-6-11-18(13-16)15(19)20-12-14-7-4-3-5-8-14/h2-5,7-8H,1,6,9-13,17H2. The van der Waals surface area contributed by atoms with Gasteiger partial charge >= 0.3 is 6.09 Å². The molecule has 1 saturated heterocycles. The van der Waals surface area contributed by atoms with Crippen molar-refractivity contribution in [1.29, 1.82) is 0 Å². The van der Waals surface area contributed by atoms with E-state index in [4.69, 9.17) is 10.5 Å². The Labute approximate surface area is 120 Å². The van der Waals surface area contributed by atoms with Crippen LogP contribution in [0.4, 0.5) is 4.79 Å². The number of nitrogens with zero attached hydrogens (tertiary/aromatic N) is 1. The van der Waals surface area contributed by atoms with Gasteiger partial charge in [0.2, 0.25) is 0 Å². The smallest absolute Gasteiger partial charge is 0.410 e. The zero-order valence-electron chi connectivity index (χ0n) is 11.8. The second kappa shape index (κ2) is 6.57. The number of benzene rings is 1. The van der Waals surface area contributed by atoms with Gasteiger partial charge in [-0.1, -0.05) is 36.4 Å². The van der Waals surface area contributed by atoms with Gasteiger partial charge in [0.1, 0.15) is 6.61 Å². The number of carbonyl (C=O) groups excluding carboxylic acids is 1. The molecule has 1 aromatic rings. The molecule has 1 amide bonds. The molecule has 1 aromatic carbocycles. The van der Waals surface area contributed by atoms with Crippen molar-refractivity contribution in [1.82, 2.24) is 4.90 Å². The van der Waals surface area contributed by atoms with E-state index in [9.17, 15) is 4.79 Å². The van der Waals surface area contributed by atoms with Crippen molar-refractivity contribution < 1.29 is 9.53 Å². The second-order valence-corrected chi connectivity index (χ2v) is 5.42. The number of ether oxygens (including phenoxy) is 1. The van der Waals surface area contributed by atoms with Crippen molar-refractivity contribution in [2.24, 2.45) is 5.73 Å². The SMILES string of the molecule is C=CCC1(N)CCCN(C(=O)OCc2ccccc2)C1. The molecule has 0 bridgehead atoms. The summed E-state index contributed by atoms with van der Waals surface area (Å²) < 4.78 is 5.34. The Hall–Kier alpha value is -1.81. The van der Waals surface area contributed by atoms with Gasteiger partial charge in [0, 0.05) is 18.6 Å². The highest BCUT2D eigenvalue weighted by Gasteiger charge is 2.33. The summed E-state index contributed by atoms with van der Waals surface area (Å²) >= 11 is 0. The summed E-state index contributed by atoms with van der Waals surface area (Å²) in [6, 6.07) is 9.68. The molecule has 108 valence electrons.